The number of hydrogen-bond acceptors (Lipinski definition) is 5. The second-order valence-electron chi connectivity index (χ2n) is 9.32. The lowest BCUT2D eigenvalue weighted by atomic mass is 10.0. The lowest BCUT2D eigenvalue weighted by Gasteiger charge is -2.42. The van der Waals surface area contributed by atoms with Crippen molar-refractivity contribution in [3.8, 4) is 0 Å². The van der Waals surface area contributed by atoms with Gasteiger partial charge in [-0.3, -0.25) is 14.6 Å². The molecule has 6 heteroatoms. The quantitative estimate of drug-likeness (QED) is 0.760. The molecular formula is C21H46N4O2. The molecule has 2 N–H and O–H groups in total. The minimum absolute atomic E-state index is 0. The van der Waals surface area contributed by atoms with E-state index in [1.54, 1.807) is 4.90 Å². The average molecular weight is 387 g/mol. The molecule has 0 aromatic rings. The van der Waals surface area contributed by atoms with Crippen LogP contribution in [0.15, 0.2) is 0 Å². The highest BCUT2D eigenvalue weighted by atomic mass is 16.3. The van der Waals surface area contributed by atoms with E-state index in [1.807, 2.05) is 6.92 Å². The summed E-state index contributed by atoms with van der Waals surface area (Å²) < 4.78 is 0. The van der Waals surface area contributed by atoms with Crippen molar-refractivity contribution < 1.29 is 9.90 Å². The second kappa shape index (κ2) is 11.3. The first-order valence-electron chi connectivity index (χ1n) is 10.1. The van der Waals surface area contributed by atoms with Crippen LogP contribution in [-0.4, -0.2) is 95.3 Å². The number of carbonyl (C=O) groups is 1. The normalized spacial score (nSPS) is 21.0. The molecule has 0 saturated carbocycles. The summed E-state index contributed by atoms with van der Waals surface area (Å²) >= 11 is 0. The highest BCUT2D eigenvalue weighted by Crippen LogP contribution is 2.16. The Bertz CT molecular complexity index is 415. The van der Waals surface area contributed by atoms with Crippen molar-refractivity contribution in [2.24, 2.45) is 0 Å². The number of aliphatic hydroxyl groups excluding tert-OH is 1. The number of carbonyl (C=O) groups excluding carboxylic acids is 1. The smallest absolute Gasteiger partial charge is 0.251 e. The van der Waals surface area contributed by atoms with Gasteiger partial charge in [0.05, 0.1) is 0 Å². The third kappa shape index (κ3) is 8.90. The van der Waals surface area contributed by atoms with Crippen molar-refractivity contribution in [2.45, 2.75) is 79.5 Å². The zero-order chi connectivity index (χ0) is 20.0. The molecular weight excluding hydrogens is 340 g/mol. The maximum Gasteiger partial charge on any atom is 0.251 e. The Morgan fingerprint density at radius 2 is 1.30 bits per heavy atom. The van der Waals surface area contributed by atoms with Crippen molar-refractivity contribution >= 4 is 5.91 Å². The Hall–Kier alpha value is -0.690. The van der Waals surface area contributed by atoms with Crippen LogP contribution < -0.4 is 5.32 Å². The van der Waals surface area contributed by atoms with Crippen LogP contribution >= 0.6 is 0 Å². The standard InChI is InChI=1S/C12H24N2O2.C8H18N2.CH4/c1-5-10(15)11(16)13-6-8-14(9-7-13)12(2,3)4;1-8(2,3)10-6-4-9-5-7-10;/h10,15H,5-9H2,1-4H3;9H,4-7H2,1-3H3;1H4. The third-order valence-corrected chi connectivity index (χ3v) is 5.28. The van der Waals surface area contributed by atoms with Crippen LogP contribution in [0.25, 0.3) is 0 Å². The molecule has 2 heterocycles. The first-order chi connectivity index (χ1) is 12.0. The first-order valence-corrected chi connectivity index (χ1v) is 10.1. The summed E-state index contributed by atoms with van der Waals surface area (Å²) in [4.78, 5) is 18.4. The van der Waals surface area contributed by atoms with Crippen LogP contribution in [0.5, 0.6) is 0 Å². The Kier molecular flexibility index (Phi) is 11.1. The van der Waals surface area contributed by atoms with Crippen molar-refractivity contribution in [3.63, 3.8) is 0 Å². The third-order valence-electron chi connectivity index (χ3n) is 5.28. The average Bonchev–Trinajstić information content (AvgIpc) is 2.60. The van der Waals surface area contributed by atoms with Gasteiger partial charge < -0.3 is 15.3 Å². The number of nitrogens with one attached hydrogen (secondary N) is 1. The van der Waals surface area contributed by atoms with Gasteiger partial charge in [-0.05, 0) is 48.0 Å². The summed E-state index contributed by atoms with van der Waals surface area (Å²) in [5.41, 5.74) is 0.528. The van der Waals surface area contributed by atoms with Crippen molar-refractivity contribution in [1.29, 1.82) is 0 Å². The van der Waals surface area contributed by atoms with Gasteiger partial charge >= 0.3 is 0 Å². The largest absolute Gasteiger partial charge is 0.383 e. The molecule has 1 unspecified atom stereocenters. The van der Waals surface area contributed by atoms with Crippen LogP contribution in [0.1, 0.15) is 62.3 Å². The molecule has 0 bridgehead atoms. The minimum Gasteiger partial charge on any atom is -0.383 e. The van der Waals surface area contributed by atoms with E-state index < -0.39 is 6.10 Å². The minimum atomic E-state index is -0.818. The lowest BCUT2D eigenvalue weighted by molar-refractivity contribution is -0.142. The van der Waals surface area contributed by atoms with Crippen molar-refractivity contribution in [2.75, 3.05) is 52.4 Å². The van der Waals surface area contributed by atoms with E-state index >= 15 is 0 Å². The predicted molar refractivity (Wildman–Crippen MR) is 115 cm³/mol. The van der Waals surface area contributed by atoms with Gasteiger partial charge in [-0.15, -0.1) is 0 Å². The Labute approximate surface area is 168 Å². The molecule has 0 radical (unpaired) electrons. The molecule has 0 aliphatic carbocycles. The SMILES string of the molecule is C.CC(C)(C)N1CCNCC1.CCC(O)C(=O)N1CCN(C(C)(C)C)CC1. The van der Waals surface area contributed by atoms with Gasteiger partial charge in [0, 0.05) is 63.4 Å². The summed E-state index contributed by atoms with van der Waals surface area (Å²) in [7, 11) is 0. The van der Waals surface area contributed by atoms with Crippen LogP contribution in [0.2, 0.25) is 0 Å². The first kappa shape index (κ1) is 26.3. The van der Waals surface area contributed by atoms with Crippen molar-refractivity contribution in [1.82, 2.24) is 20.0 Å². The Balaban J connectivity index is 0.000000531. The Morgan fingerprint density at radius 1 is 0.889 bits per heavy atom. The number of nitrogens with zero attached hydrogens (tertiary/aromatic N) is 3. The summed E-state index contributed by atoms with van der Waals surface area (Å²) in [5, 5.41) is 12.8. The fraction of sp³-hybridized carbons (Fsp3) is 0.952. The molecule has 27 heavy (non-hydrogen) atoms. The summed E-state index contributed by atoms with van der Waals surface area (Å²) in [6.45, 7) is 23.2. The van der Waals surface area contributed by atoms with Gasteiger partial charge in [-0.2, -0.15) is 0 Å². The molecule has 2 rings (SSSR count). The number of aliphatic hydroxyl groups is 1. The molecule has 6 nitrogen and oxygen atoms in total. The summed E-state index contributed by atoms with van der Waals surface area (Å²) in [6.07, 6.45) is -0.320. The van der Waals surface area contributed by atoms with Gasteiger partial charge in [-0.25, -0.2) is 0 Å². The van der Waals surface area contributed by atoms with E-state index in [2.05, 4.69) is 56.7 Å². The van der Waals surface area contributed by atoms with Crippen LogP contribution in [0.4, 0.5) is 0 Å². The molecule has 2 aliphatic rings. The number of hydrogen-bond donors (Lipinski definition) is 2. The number of piperazine rings is 2. The summed E-state index contributed by atoms with van der Waals surface area (Å²) in [6, 6.07) is 0. The highest BCUT2D eigenvalue weighted by molar-refractivity contribution is 5.80. The molecule has 1 atom stereocenters. The zero-order valence-corrected chi connectivity index (χ0v) is 18.1. The van der Waals surface area contributed by atoms with E-state index in [-0.39, 0.29) is 18.9 Å². The zero-order valence-electron chi connectivity index (χ0n) is 18.1. The summed E-state index contributed by atoms with van der Waals surface area (Å²) in [5.74, 6) is -0.115. The second-order valence-corrected chi connectivity index (χ2v) is 9.32. The topological polar surface area (TPSA) is 59.1 Å². The molecule has 2 aliphatic heterocycles. The monoisotopic (exact) mass is 386 g/mol. The molecule has 162 valence electrons. The van der Waals surface area contributed by atoms with Gasteiger partial charge in [0.25, 0.3) is 5.91 Å². The molecule has 2 fully saturated rings. The fourth-order valence-electron chi connectivity index (χ4n) is 3.32. The molecule has 2 saturated heterocycles. The maximum atomic E-state index is 11.7. The molecule has 1 amide bonds. The van der Waals surface area contributed by atoms with E-state index in [1.165, 1.54) is 13.1 Å². The number of amides is 1. The highest BCUT2D eigenvalue weighted by Gasteiger charge is 2.29. The van der Waals surface area contributed by atoms with E-state index in [9.17, 15) is 9.90 Å². The van der Waals surface area contributed by atoms with Gasteiger partial charge in [0.1, 0.15) is 6.10 Å². The van der Waals surface area contributed by atoms with Crippen LogP contribution in [0, 0.1) is 0 Å². The van der Waals surface area contributed by atoms with Crippen molar-refractivity contribution in [3.05, 3.63) is 0 Å². The predicted octanol–water partition coefficient (Wildman–Crippen LogP) is 2.03. The van der Waals surface area contributed by atoms with Gasteiger partial charge in [0.2, 0.25) is 0 Å². The fourth-order valence-corrected chi connectivity index (χ4v) is 3.32. The lowest BCUT2D eigenvalue weighted by Crippen LogP contribution is -2.56. The van der Waals surface area contributed by atoms with E-state index in [0.717, 1.165) is 39.3 Å². The molecule has 0 aromatic heterocycles. The molecule has 0 spiro atoms. The molecule has 0 aromatic carbocycles. The van der Waals surface area contributed by atoms with Crippen LogP contribution in [-0.2, 0) is 4.79 Å². The Morgan fingerprint density at radius 3 is 1.63 bits per heavy atom. The maximum absolute atomic E-state index is 11.7. The van der Waals surface area contributed by atoms with Gasteiger partial charge in [0.15, 0.2) is 0 Å². The van der Waals surface area contributed by atoms with Crippen LogP contribution in [0.3, 0.4) is 0 Å². The van der Waals surface area contributed by atoms with E-state index in [0.29, 0.717) is 12.0 Å². The van der Waals surface area contributed by atoms with Gasteiger partial charge in [-0.1, -0.05) is 14.4 Å². The van der Waals surface area contributed by atoms with E-state index in [4.69, 9.17) is 0 Å². The number of rotatable bonds is 2.